The van der Waals surface area contributed by atoms with Gasteiger partial charge in [0.15, 0.2) is 0 Å². The van der Waals surface area contributed by atoms with Crippen molar-refractivity contribution in [1.29, 1.82) is 0 Å². The molecular weight excluding hydrogens is 453 g/mol. The molecule has 3 nitrogen and oxygen atoms in total. The zero-order valence-corrected chi connectivity index (χ0v) is 15.0. The van der Waals surface area contributed by atoms with Crippen molar-refractivity contribution >= 4 is 34.8 Å². The van der Waals surface area contributed by atoms with Crippen molar-refractivity contribution in [3.8, 4) is 0 Å². The molecular formula is C17H8F9NO2S. The van der Waals surface area contributed by atoms with Gasteiger partial charge in [-0.15, -0.1) is 11.3 Å². The molecule has 0 bridgehead atoms. The Morgan fingerprint density at radius 3 is 1.87 bits per heavy atom. The SMILES string of the molecule is O=C(C(C=Nc1cc(C(F)(F)F)cc(C(F)(F)F)c1)=C(O)c1cccs1)C(F)(F)F. The Kier molecular flexibility index (Phi) is 6.35. The topological polar surface area (TPSA) is 49.7 Å². The second kappa shape index (κ2) is 8.13. The van der Waals surface area contributed by atoms with Crippen LogP contribution in [0.1, 0.15) is 16.0 Å². The number of carbonyl (C=O) groups excluding carboxylic acids is 1. The molecule has 0 atom stereocenters. The molecule has 0 fully saturated rings. The van der Waals surface area contributed by atoms with Crippen LogP contribution in [0.15, 0.2) is 46.3 Å². The van der Waals surface area contributed by atoms with Crippen LogP contribution in [0.2, 0.25) is 0 Å². The number of thiophene rings is 1. The highest BCUT2D eigenvalue weighted by Gasteiger charge is 2.42. The van der Waals surface area contributed by atoms with Crippen molar-refractivity contribution in [2.45, 2.75) is 18.5 Å². The maximum Gasteiger partial charge on any atom is 0.455 e. The molecule has 13 heteroatoms. The number of aliphatic hydroxyl groups is 1. The van der Waals surface area contributed by atoms with E-state index in [0.717, 1.165) is 17.4 Å². The first-order chi connectivity index (χ1) is 13.6. The van der Waals surface area contributed by atoms with Gasteiger partial charge in [-0.05, 0) is 29.6 Å². The normalized spacial score (nSPS) is 14.2. The summed E-state index contributed by atoms with van der Waals surface area (Å²) in [4.78, 5) is 14.5. The summed E-state index contributed by atoms with van der Waals surface area (Å²) in [6, 6.07) is 2.59. The Balaban J connectivity index is 2.62. The van der Waals surface area contributed by atoms with Crippen molar-refractivity contribution in [3.05, 3.63) is 57.3 Å². The summed E-state index contributed by atoms with van der Waals surface area (Å²) in [6.45, 7) is 0. The molecule has 0 amide bonds. The number of aliphatic hydroxyl groups excluding tert-OH is 1. The lowest BCUT2D eigenvalue weighted by Crippen LogP contribution is -2.26. The average molecular weight is 461 g/mol. The van der Waals surface area contributed by atoms with Gasteiger partial charge < -0.3 is 5.11 Å². The quantitative estimate of drug-likeness (QED) is 0.242. The first-order valence-corrected chi connectivity index (χ1v) is 8.41. The van der Waals surface area contributed by atoms with Gasteiger partial charge in [-0.3, -0.25) is 9.79 Å². The number of benzene rings is 1. The van der Waals surface area contributed by atoms with Crippen LogP contribution in [0.3, 0.4) is 0 Å². The van der Waals surface area contributed by atoms with Gasteiger partial charge in [-0.1, -0.05) is 6.07 Å². The van der Waals surface area contributed by atoms with Crippen molar-refractivity contribution in [2.75, 3.05) is 0 Å². The molecule has 0 unspecified atom stereocenters. The number of rotatable bonds is 4. The van der Waals surface area contributed by atoms with E-state index in [1.807, 2.05) is 0 Å². The number of halogens is 9. The molecule has 1 aromatic carbocycles. The van der Waals surface area contributed by atoms with E-state index in [1.165, 1.54) is 11.4 Å². The minimum absolute atomic E-state index is 0.0700. The number of ketones is 1. The number of allylic oxidation sites excluding steroid dienone is 1. The van der Waals surface area contributed by atoms with E-state index in [-0.39, 0.29) is 29.3 Å². The molecule has 162 valence electrons. The molecule has 0 aliphatic carbocycles. The minimum atomic E-state index is -5.49. The standard InChI is InChI=1S/C17H8F9NO2S/c18-15(19,20)8-4-9(16(21,22)23)6-10(5-8)27-7-11(14(29)17(24,25)26)13(28)12-2-1-3-30-12/h1-7,28H. The van der Waals surface area contributed by atoms with Crippen LogP contribution in [0.4, 0.5) is 45.2 Å². The highest BCUT2D eigenvalue weighted by Crippen LogP contribution is 2.38. The van der Waals surface area contributed by atoms with Crippen LogP contribution < -0.4 is 0 Å². The lowest BCUT2D eigenvalue weighted by atomic mass is 10.1. The third-order valence-corrected chi connectivity index (χ3v) is 4.30. The van der Waals surface area contributed by atoms with Crippen LogP contribution in [0.25, 0.3) is 5.76 Å². The average Bonchev–Trinajstić information content (AvgIpc) is 3.13. The first kappa shape index (κ1) is 23.4. The molecule has 2 rings (SSSR count). The summed E-state index contributed by atoms with van der Waals surface area (Å²) in [5.41, 5.74) is -5.97. The van der Waals surface area contributed by atoms with Crippen LogP contribution >= 0.6 is 11.3 Å². The molecule has 2 aromatic rings. The first-order valence-electron chi connectivity index (χ1n) is 7.53. The third-order valence-electron chi connectivity index (χ3n) is 3.43. The molecule has 1 heterocycles. The highest BCUT2D eigenvalue weighted by atomic mass is 32.1. The van der Waals surface area contributed by atoms with E-state index < -0.39 is 52.5 Å². The lowest BCUT2D eigenvalue weighted by molar-refractivity contribution is -0.165. The monoisotopic (exact) mass is 461 g/mol. The fourth-order valence-corrected chi connectivity index (χ4v) is 2.76. The fourth-order valence-electron chi connectivity index (χ4n) is 2.08. The maximum atomic E-state index is 12.9. The Morgan fingerprint density at radius 2 is 1.47 bits per heavy atom. The van der Waals surface area contributed by atoms with Crippen LogP contribution in [-0.2, 0) is 17.1 Å². The smallest absolute Gasteiger partial charge is 0.455 e. The third kappa shape index (κ3) is 5.62. The molecule has 0 saturated heterocycles. The van der Waals surface area contributed by atoms with Gasteiger partial charge in [0.05, 0.1) is 27.3 Å². The summed E-state index contributed by atoms with van der Waals surface area (Å²) in [6.07, 6.45) is -15.8. The lowest BCUT2D eigenvalue weighted by Gasteiger charge is -2.13. The van der Waals surface area contributed by atoms with Gasteiger partial charge >= 0.3 is 18.5 Å². The molecule has 0 aliphatic rings. The number of carbonyl (C=O) groups is 1. The molecule has 30 heavy (non-hydrogen) atoms. The highest BCUT2D eigenvalue weighted by molar-refractivity contribution is 7.11. The maximum absolute atomic E-state index is 12.9. The molecule has 0 spiro atoms. The minimum Gasteiger partial charge on any atom is -0.506 e. The second-order valence-electron chi connectivity index (χ2n) is 5.59. The number of nitrogens with zero attached hydrogens (tertiary/aromatic N) is 1. The number of hydrogen-bond donors (Lipinski definition) is 1. The Morgan fingerprint density at radius 1 is 0.933 bits per heavy atom. The van der Waals surface area contributed by atoms with Crippen molar-refractivity contribution in [1.82, 2.24) is 0 Å². The van der Waals surface area contributed by atoms with E-state index in [9.17, 15) is 49.4 Å². The summed E-state index contributed by atoms with van der Waals surface area (Å²) in [5.74, 6) is -3.76. The number of alkyl halides is 9. The number of Topliss-reactive ketones (excluding diaryl/α,β-unsaturated/α-hetero) is 1. The van der Waals surface area contributed by atoms with Gasteiger partial charge in [0.1, 0.15) is 5.76 Å². The summed E-state index contributed by atoms with van der Waals surface area (Å²) >= 11 is 0.734. The van der Waals surface area contributed by atoms with Crippen LogP contribution in [-0.4, -0.2) is 23.3 Å². The molecule has 1 N–H and O–H groups in total. The Labute approximate surface area is 165 Å². The van der Waals surface area contributed by atoms with Gasteiger partial charge in [0.25, 0.3) is 5.78 Å². The van der Waals surface area contributed by atoms with Crippen molar-refractivity contribution < 1.29 is 49.4 Å². The zero-order chi connectivity index (χ0) is 22.9. The van der Waals surface area contributed by atoms with Gasteiger partial charge in [-0.25, -0.2) is 0 Å². The predicted octanol–water partition coefficient (Wildman–Crippen LogP) is 6.59. The Bertz CT molecular complexity index is 952. The molecule has 1 aromatic heterocycles. The summed E-state index contributed by atoms with van der Waals surface area (Å²) < 4.78 is 116. The molecule has 0 saturated carbocycles. The van der Waals surface area contributed by atoms with Gasteiger partial charge in [-0.2, -0.15) is 39.5 Å². The fraction of sp³-hybridized carbons (Fsp3) is 0.176. The number of aliphatic imine (C=N–C) groups is 1. The van der Waals surface area contributed by atoms with E-state index in [2.05, 4.69) is 4.99 Å². The number of hydrogen-bond acceptors (Lipinski definition) is 4. The molecule has 0 radical (unpaired) electrons. The summed E-state index contributed by atoms with van der Waals surface area (Å²) in [7, 11) is 0. The summed E-state index contributed by atoms with van der Waals surface area (Å²) in [5, 5.41) is 11.3. The van der Waals surface area contributed by atoms with E-state index in [1.54, 1.807) is 0 Å². The van der Waals surface area contributed by atoms with Gasteiger partial charge in [0.2, 0.25) is 0 Å². The zero-order valence-electron chi connectivity index (χ0n) is 14.2. The van der Waals surface area contributed by atoms with E-state index in [0.29, 0.717) is 0 Å². The van der Waals surface area contributed by atoms with Gasteiger partial charge in [0, 0.05) is 6.21 Å². The Hall–Kier alpha value is -2.83. The van der Waals surface area contributed by atoms with Crippen LogP contribution in [0.5, 0.6) is 0 Å². The second-order valence-corrected chi connectivity index (χ2v) is 6.54. The largest absolute Gasteiger partial charge is 0.506 e. The van der Waals surface area contributed by atoms with Crippen molar-refractivity contribution in [3.63, 3.8) is 0 Å². The molecule has 0 aliphatic heterocycles. The van der Waals surface area contributed by atoms with E-state index in [4.69, 9.17) is 0 Å². The predicted molar refractivity (Wildman–Crippen MR) is 89.5 cm³/mol. The van der Waals surface area contributed by atoms with Crippen LogP contribution in [0, 0.1) is 0 Å². The van der Waals surface area contributed by atoms with Crippen molar-refractivity contribution in [2.24, 2.45) is 4.99 Å². The van der Waals surface area contributed by atoms with E-state index >= 15 is 0 Å².